The van der Waals surface area contributed by atoms with Crippen LogP contribution in [0.15, 0.2) is 24.4 Å². The Kier molecular flexibility index (Phi) is 6.12. The summed E-state index contributed by atoms with van der Waals surface area (Å²) in [7, 11) is 1.64. The van der Waals surface area contributed by atoms with Gasteiger partial charge in [0.25, 0.3) is 12.3 Å². The van der Waals surface area contributed by atoms with Crippen LogP contribution in [0.5, 0.6) is 0 Å². The van der Waals surface area contributed by atoms with Gasteiger partial charge in [-0.2, -0.15) is 4.98 Å². The Balaban J connectivity index is 1.50. The van der Waals surface area contributed by atoms with Gasteiger partial charge >= 0.3 is 0 Å². The fourth-order valence-corrected chi connectivity index (χ4v) is 4.63. The molecule has 0 bridgehead atoms. The van der Waals surface area contributed by atoms with Crippen LogP contribution in [0.1, 0.15) is 19.2 Å². The lowest BCUT2D eigenvalue weighted by Crippen LogP contribution is -2.55. The minimum absolute atomic E-state index is 0.00556. The van der Waals surface area contributed by atoms with Gasteiger partial charge in [-0.3, -0.25) is 4.79 Å². The molecule has 10 nitrogen and oxygen atoms in total. The fraction of sp³-hybridized carbons (Fsp3) is 0.435. The smallest absolute Gasteiger partial charge is 0.285 e. The number of pyridine rings is 1. The lowest BCUT2D eigenvalue weighted by molar-refractivity contribution is -0.140. The third-order valence-corrected chi connectivity index (χ3v) is 6.48. The number of hydrogen-bond donors (Lipinski definition) is 2. The van der Waals surface area contributed by atoms with Gasteiger partial charge in [-0.05, 0) is 31.5 Å². The second-order valence-electron chi connectivity index (χ2n) is 8.94. The zero-order valence-corrected chi connectivity index (χ0v) is 20.3. The van der Waals surface area contributed by atoms with Gasteiger partial charge < -0.3 is 20.1 Å². The van der Waals surface area contributed by atoms with E-state index in [4.69, 9.17) is 0 Å². The number of amides is 1. The number of nitrogens with one attached hydrogen (secondary N) is 2. The Morgan fingerprint density at radius 2 is 2.00 bits per heavy atom. The number of halogens is 4. The molecule has 1 fully saturated rings. The Labute approximate surface area is 208 Å². The van der Waals surface area contributed by atoms with Crippen molar-refractivity contribution >= 4 is 34.4 Å². The monoisotopic (exact) mass is 519 g/mol. The van der Waals surface area contributed by atoms with E-state index >= 15 is 0 Å². The van der Waals surface area contributed by atoms with Gasteiger partial charge in [0.2, 0.25) is 11.9 Å². The van der Waals surface area contributed by atoms with Crippen molar-refractivity contribution in [1.82, 2.24) is 34.0 Å². The molecule has 1 saturated heterocycles. The van der Waals surface area contributed by atoms with E-state index in [1.54, 1.807) is 38.4 Å². The minimum Gasteiger partial charge on any atom is -0.371 e. The number of carbonyl (C=O) groups excluding carboxylic acids is 1. The van der Waals surface area contributed by atoms with Crippen molar-refractivity contribution in [3.8, 4) is 11.3 Å². The number of anilines is 2. The van der Waals surface area contributed by atoms with Crippen LogP contribution < -0.4 is 10.6 Å². The molecule has 14 heteroatoms. The molecular weight excluding hydrogens is 494 g/mol. The largest absolute Gasteiger partial charge is 0.371 e. The van der Waals surface area contributed by atoms with E-state index in [1.807, 2.05) is 0 Å². The summed E-state index contributed by atoms with van der Waals surface area (Å²) in [5, 5.41) is 10.1. The Morgan fingerprint density at radius 1 is 1.22 bits per heavy atom. The van der Waals surface area contributed by atoms with Gasteiger partial charge in [-0.1, -0.05) is 0 Å². The summed E-state index contributed by atoms with van der Waals surface area (Å²) < 4.78 is 58.6. The molecule has 196 valence electrons. The summed E-state index contributed by atoms with van der Waals surface area (Å²) in [5.74, 6) is -2.77. The van der Waals surface area contributed by atoms with Gasteiger partial charge in [0, 0.05) is 32.3 Å². The van der Waals surface area contributed by atoms with Crippen molar-refractivity contribution in [2.24, 2.45) is 0 Å². The van der Waals surface area contributed by atoms with Gasteiger partial charge in [0.1, 0.15) is 16.9 Å². The number of carbonyl (C=O) groups is 1. The van der Waals surface area contributed by atoms with Gasteiger partial charge in [-0.15, -0.1) is 5.10 Å². The highest BCUT2D eigenvalue weighted by Crippen LogP contribution is 2.33. The average Bonchev–Trinajstić information content (AvgIpc) is 3.39. The third-order valence-electron chi connectivity index (χ3n) is 6.48. The molecular formula is C23H25F4N9O. The summed E-state index contributed by atoms with van der Waals surface area (Å²) >= 11 is 0. The number of nitrogens with zero attached hydrogens (tertiary/aromatic N) is 7. The first-order valence-electron chi connectivity index (χ1n) is 11.7. The normalized spacial score (nSPS) is 17.6. The first kappa shape index (κ1) is 24.7. The van der Waals surface area contributed by atoms with Crippen LogP contribution in [0.4, 0.5) is 29.3 Å². The highest BCUT2D eigenvalue weighted by molar-refractivity contribution is 5.89. The van der Waals surface area contributed by atoms with Gasteiger partial charge in [0.15, 0.2) is 11.5 Å². The first-order chi connectivity index (χ1) is 17.6. The number of likely N-dealkylation sites (tertiary alicyclic amines) is 1. The second-order valence-corrected chi connectivity index (χ2v) is 8.94. The number of alkyl halides is 4. The van der Waals surface area contributed by atoms with E-state index in [0.29, 0.717) is 39.6 Å². The number of fused-ring (bicyclic) bond motifs is 2. The molecule has 1 aliphatic heterocycles. The van der Waals surface area contributed by atoms with Crippen LogP contribution in [0, 0.1) is 6.92 Å². The number of hydrogen-bond acceptors (Lipinski definition) is 7. The quantitative estimate of drug-likeness (QED) is 0.376. The molecule has 1 atom stereocenters. The standard InChI is InChI=1S/C23H25F4N9O/c1-12-29-16-5-4-15(30-21(16)35(12)10-18(24)25)14-6-9-36-19(14)20(28-3)32-22(33-36)31-17-7-8-34(13(2)37)11-23(17,26)27/h4-6,9,17-18H,7-8,10-11H2,1-3H3,(H2,28,31,32,33)/t17-/m1/s1. The van der Waals surface area contributed by atoms with Crippen molar-refractivity contribution in [3.63, 3.8) is 0 Å². The highest BCUT2D eigenvalue weighted by atomic mass is 19.3. The van der Waals surface area contributed by atoms with Gasteiger partial charge in [-0.25, -0.2) is 32.0 Å². The molecule has 4 aromatic rings. The summed E-state index contributed by atoms with van der Waals surface area (Å²) in [6.45, 7) is 1.92. The van der Waals surface area contributed by atoms with Crippen molar-refractivity contribution in [3.05, 3.63) is 30.2 Å². The Hall–Kier alpha value is -3.97. The van der Waals surface area contributed by atoms with Crippen LogP contribution >= 0.6 is 0 Å². The van der Waals surface area contributed by atoms with Crippen LogP contribution in [0.3, 0.4) is 0 Å². The Morgan fingerprint density at radius 3 is 2.68 bits per heavy atom. The summed E-state index contributed by atoms with van der Waals surface area (Å²) in [4.78, 5) is 26.0. The molecule has 5 rings (SSSR count). The van der Waals surface area contributed by atoms with E-state index in [1.165, 1.54) is 16.0 Å². The molecule has 4 aromatic heterocycles. The summed E-state index contributed by atoms with van der Waals surface area (Å²) in [6, 6.07) is 3.93. The Bertz CT molecular complexity index is 1480. The summed E-state index contributed by atoms with van der Waals surface area (Å²) in [6.07, 6.45) is -0.883. The maximum absolute atomic E-state index is 14.7. The predicted octanol–water partition coefficient (Wildman–Crippen LogP) is 3.42. The lowest BCUT2D eigenvalue weighted by atomic mass is 10.0. The highest BCUT2D eigenvalue weighted by Gasteiger charge is 2.45. The van der Waals surface area contributed by atoms with Crippen molar-refractivity contribution in [2.45, 2.75) is 45.2 Å². The van der Waals surface area contributed by atoms with Crippen molar-refractivity contribution < 1.29 is 22.4 Å². The van der Waals surface area contributed by atoms with E-state index in [0.717, 1.165) is 4.90 Å². The van der Waals surface area contributed by atoms with Crippen LogP contribution in [0.25, 0.3) is 27.9 Å². The van der Waals surface area contributed by atoms with E-state index in [2.05, 4.69) is 30.7 Å². The molecule has 0 aliphatic carbocycles. The number of imidazole rings is 1. The molecule has 5 heterocycles. The zero-order chi connectivity index (χ0) is 26.5. The number of piperidine rings is 1. The molecule has 2 N–H and O–H groups in total. The summed E-state index contributed by atoms with van der Waals surface area (Å²) in [5.41, 5.74) is 2.49. The number of aryl methyl sites for hydroxylation is 1. The number of aromatic nitrogens is 6. The van der Waals surface area contributed by atoms with Crippen LogP contribution in [0.2, 0.25) is 0 Å². The molecule has 1 aliphatic rings. The van der Waals surface area contributed by atoms with E-state index in [-0.39, 0.29) is 18.9 Å². The predicted molar refractivity (Wildman–Crippen MR) is 129 cm³/mol. The molecule has 0 unspecified atom stereocenters. The van der Waals surface area contributed by atoms with Crippen molar-refractivity contribution in [1.29, 1.82) is 0 Å². The van der Waals surface area contributed by atoms with Gasteiger partial charge in [0.05, 0.1) is 24.8 Å². The second kappa shape index (κ2) is 9.16. The molecule has 0 spiro atoms. The van der Waals surface area contributed by atoms with Crippen molar-refractivity contribution in [2.75, 3.05) is 30.8 Å². The first-order valence-corrected chi connectivity index (χ1v) is 11.7. The number of rotatable bonds is 6. The maximum atomic E-state index is 14.7. The molecule has 0 radical (unpaired) electrons. The maximum Gasteiger partial charge on any atom is 0.285 e. The third kappa shape index (κ3) is 4.51. The fourth-order valence-electron chi connectivity index (χ4n) is 4.63. The minimum atomic E-state index is -3.16. The van der Waals surface area contributed by atoms with Crippen LogP contribution in [-0.2, 0) is 11.3 Å². The lowest BCUT2D eigenvalue weighted by Gasteiger charge is -2.38. The molecule has 0 saturated carbocycles. The molecule has 0 aromatic carbocycles. The average molecular weight is 520 g/mol. The van der Waals surface area contributed by atoms with Crippen LogP contribution in [-0.4, -0.2) is 78.5 Å². The molecule has 1 amide bonds. The molecule has 37 heavy (non-hydrogen) atoms. The topological polar surface area (TPSA) is 105 Å². The van der Waals surface area contributed by atoms with E-state index < -0.39 is 37.4 Å². The zero-order valence-electron chi connectivity index (χ0n) is 20.3. The SMILES string of the molecule is CNc1nc(N[C@@H]2CCN(C(C)=O)CC2(F)F)nn2ccc(-c3ccc4nc(C)n(CC(F)F)c4n3)c12. The van der Waals surface area contributed by atoms with E-state index in [9.17, 15) is 22.4 Å².